The SMILES string of the molecule is CC1(C(=O)O)CCN(S(=O)(=O)CCC2CCC2)C1. The van der Waals surface area contributed by atoms with Gasteiger partial charge in [-0.15, -0.1) is 0 Å². The summed E-state index contributed by atoms with van der Waals surface area (Å²) in [6, 6.07) is 0. The first kappa shape index (κ1) is 13.8. The summed E-state index contributed by atoms with van der Waals surface area (Å²) in [4.78, 5) is 11.1. The van der Waals surface area contributed by atoms with Crippen molar-refractivity contribution in [1.29, 1.82) is 0 Å². The summed E-state index contributed by atoms with van der Waals surface area (Å²) < 4.78 is 25.6. The Morgan fingerprint density at radius 3 is 2.56 bits per heavy atom. The molecule has 2 fully saturated rings. The van der Waals surface area contributed by atoms with Crippen LogP contribution in [0.4, 0.5) is 0 Å². The van der Waals surface area contributed by atoms with Crippen LogP contribution in [0, 0.1) is 11.3 Å². The maximum Gasteiger partial charge on any atom is 0.310 e. The Morgan fingerprint density at radius 2 is 2.11 bits per heavy atom. The molecule has 1 saturated heterocycles. The minimum absolute atomic E-state index is 0.120. The van der Waals surface area contributed by atoms with Crippen LogP contribution >= 0.6 is 0 Å². The van der Waals surface area contributed by atoms with Crippen LogP contribution in [-0.4, -0.2) is 42.6 Å². The minimum Gasteiger partial charge on any atom is -0.481 e. The van der Waals surface area contributed by atoms with Gasteiger partial charge in [-0.1, -0.05) is 19.3 Å². The van der Waals surface area contributed by atoms with Crippen molar-refractivity contribution in [1.82, 2.24) is 4.31 Å². The zero-order valence-corrected chi connectivity index (χ0v) is 11.6. The van der Waals surface area contributed by atoms with E-state index in [2.05, 4.69) is 0 Å². The van der Waals surface area contributed by atoms with E-state index in [1.54, 1.807) is 6.92 Å². The fourth-order valence-electron chi connectivity index (χ4n) is 2.56. The summed E-state index contributed by atoms with van der Waals surface area (Å²) in [6.45, 7) is 2.09. The highest BCUT2D eigenvalue weighted by molar-refractivity contribution is 7.89. The largest absolute Gasteiger partial charge is 0.481 e. The molecule has 0 aromatic carbocycles. The highest BCUT2D eigenvalue weighted by Crippen LogP contribution is 2.34. The molecular formula is C12H21NO4S. The third kappa shape index (κ3) is 2.69. The average molecular weight is 275 g/mol. The van der Waals surface area contributed by atoms with Crippen LogP contribution in [0.1, 0.15) is 39.0 Å². The molecule has 5 nitrogen and oxygen atoms in total. The van der Waals surface area contributed by atoms with Gasteiger partial charge in [-0.05, 0) is 25.7 Å². The zero-order chi connectivity index (χ0) is 13.4. The van der Waals surface area contributed by atoms with Crippen LogP contribution < -0.4 is 0 Å². The van der Waals surface area contributed by atoms with Crippen LogP contribution in [0.3, 0.4) is 0 Å². The first-order chi connectivity index (χ1) is 8.33. The van der Waals surface area contributed by atoms with E-state index >= 15 is 0 Å². The molecule has 2 rings (SSSR count). The van der Waals surface area contributed by atoms with Gasteiger partial charge in [0.15, 0.2) is 0 Å². The first-order valence-electron chi connectivity index (χ1n) is 6.55. The van der Waals surface area contributed by atoms with Crippen molar-refractivity contribution in [2.24, 2.45) is 11.3 Å². The number of hydrogen-bond donors (Lipinski definition) is 1. The molecule has 1 aliphatic heterocycles. The molecule has 1 saturated carbocycles. The van der Waals surface area contributed by atoms with Crippen LogP contribution in [-0.2, 0) is 14.8 Å². The lowest BCUT2D eigenvalue weighted by atomic mass is 9.84. The monoisotopic (exact) mass is 275 g/mol. The molecule has 0 bridgehead atoms. The molecule has 6 heteroatoms. The number of nitrogens with zero attached hydrogens (tertiary/aromatic N) is 1. The maximum atomic E-state index is 12.1. The maximum absolute atomic E-state index is 12.1. The Bertz CT molecular complexity index is 429. The van der Waals surface area contributed by atoms with Gasteiger partial charge in [0.1, 0.15) is 0 Å². The topological polar surface area (TPSA) is 74.7 Å². The van der Waals surface area contributed by atoms with Gasteiger partial charge < -0.3 is 5.11 Å². The molecule has 2 aliphatic rings. The Balaban J connectivity index is 1.92. The van der Waals surface area contributed by atoms with Crippen LogP contribution in [0.5, 0.6) is 0 Å². The lowest BCUT2D eigenvalue weighted by Gasteiger charge is -2.26. The Morgan fingerprint density at radius 1 is 1.44 bits per heavy atom. The van der Waals surface area contributed by atoms with E-state index in [-0.39, 0.29) is 12.3 Å². The molecule has 1 unspecified atom stereocenters. The van der Waals surface area contributed by atoms with Crippen LogP contribution in [0.2, 0.25) is 0 Å². The molecule has 0 aromatic rings. The van der Waals surface area contributed by atoms with Crippen molar-refractivity contribution in [3.05, 3.63) is 0 Å². The van der Waals surface area contributed by atoms with Crippen molar-refractivity contribution in [2.75, 3.05) is 18.8 Å². The van der Waals surface area contributed by atoms with Gasteiger partial charge in [0, 0.05) is 13.1 Å². The molecule has 104 valence electrons. The molecule has 0 radical (unpaired) electrons. The van der Waals surface area contributed by atoms with Crippen molar-refractivity contribution < 1.29 is 18.3 Å². The second-order valence-corrected chi connectivity index (χ2v) is 7.94. The number of carboxylic acid groups (broad SMARTS) is 1. The van der Waals surface area contributed by atoms with Gasteiger partial charge in [-0.25, -0.2) is 12.7 Å². The first-order valence-corrected chi connectivity index (χ1v) is 8.16. The van der Waals surface area contributed by atoms with E-state index in [4.69, 9.17) is 5.11 Å². The quantitative estimate of drug-likeness (QED) is 0.820. The fraction of sp³-hybridized carbons (Fsp3) is 0.917. The fourth-order valence-corrected chi connectivity index (χ4v) is 4.30. The predicted octanol–water partition coefficient (Wildman–Crippen LogP) is 1.30. The van der Waals surface area contributed by atoms with Crippen molar-refractivity contribution in [2.45, 2.75) is 39.0 Å². The summed E-state index contributed by atoms with van der Waals surface area (Å²) in [5, 5.41) is 9.10. The van der Waals surface area contributed by atoms with Crippen molar-refractivity contribution in [3.8, 4) is 0 Å². The molecule has 0 aromatic heterocycles. The zero-order valence-electron chi connectivity index (χ0n) is 10.8. The Kier molecular flexibility index (Phi) is 3.69. The number of aliphatic carboxylic acids is 1. The molecule has 0 amide bonds. The molecule has 1 atom stereocenters. The number of hydrogen-bond acceptors (Lipinski definition) is 3. The van der Waals surface area contributed by atoms with Gasteiger partial charge in [0.05, 0.1) is 11.2 Å². The van der Waals surface area contributed by atoms with Crippen LogP contribution in [0.15, 0.2) is 0 Å². The highest BCUT2D eigenvalue weighted by atomic mass is 32.2. The summed E-state index contributed by atoms with van der Waals surface area (Å²) in [6.07, 6.45) is 4.63. The third-order valence-electron chi connectivity index (χ3n) is 4.36. The molecule has 1 N–H and O–H groups in total. The third-order valence-corrected chi connectivity index (χ3v) is 6.21. The lowest BCUT2D eigenvalue weighted by Crippen LogP contribution is -2.36. The van der Waals surface area contributed by atoms with Crippen molar-refractivity contribution >= 4 is 16.0 Å². The molecular weight excluding hydrogens is 254 g/mol. The average Bonchev–Trinajstić information content (AvgIpc) is 2.60. The minimum atomic E-state index is -3.27. The van der Waals surface area contributed by atoms with Gasteiger partial charge in [0.25, 0.3) is 0 Å². The predicted molar refractivity (Wildman–Crippen MR) is 67.7 cm³/mol. The van der Waals surface area contributed by atoms with Gasteiger partial charge >= 0.3 is 5.97 Å². The van der Waals surface area contributed by atoms with E-state index in [9.17, 15) is 13.2 Å². The molecule has 18 heavy (non-hydrogen) atoms. The summed E-state index contributed by atoms with van der Waals surface area (Å²) >= 11 is 0. The Hall–Kier alpha value is -0.620. The van der Waals surface area contributed by atoms with Gasteiger partial charge in [-0.3, -0.25) is 4.79 Å². The van der Waals surface area contributed by atoms with E-state index in [1.807, 2.05) is 0 Å². The number of rotatable bonds is 5. The van der Waals surface area contributed by atoms with E-state index in [0.29, 0.717) is 18.9 Å². The highest BCUT2D eigenvalue weighted by Gasteiger charge is 2.44. The van der Waals surface area contributed by atoms with Gasteiger partial charge in [-0.2, -0.15) is 0 Å². The normalized spacial score (nSPS) is 30.3. The number of carbonyl (C=O) groups is 1. The lowest BCUT2D eigenvalue weighted by molar-refractivity contribution is -0.146. The Labute approximate surface area is 108 Å². The van der Waals surface area contributed by atoms with E-state index in [1.165, 1.54) is 10.7 Å². The standard InChI is InChI=1S/C12H21NO4S/c1-12(11(14)15)6-7-13(9-12)18(16,17)8-5-10-3-2-4-10/h10H,2-9H2,1H3,(H,14,15). The molecule has 1 aliphatic carbocycles. The summed E-state index contributed by atoms with van der Waals surface area (Å²) in [5.41, 5.74) is -0.913. The van der Waals surface area contributed by atoms with E-state index < -0.39 is 21.4 Å². The summed E-state index contributed by atoms with van der Waals surface area (Å²) in [7, 11) is -3.27. The second kappa shape index (κ2) is 4.81. The molecule has 1 heterocycles. The summed E-state index contributed by atoms with van der Waals surface area (Å²) in [5.74, 6) is -0.166. The molecule has 0 spiro atoms. The second-order valence-electron chi connectivity index (χ2n) is 5.85. The van der Waals surface area contributed by atoms with Crippen molar-refractivity contribution in [3.63, 3.8) is 0 Å². The number of carboxylic acids is 1. The van der Waals surface area contributed by atoms with Gasteiger partial charge in [0.2, 0.25) is 10.0 Å². The van der Waals surface area contributed by atoms with E-state index in [0.717, 1.165) is 19.3 Å². The number of sulfonamides is 1. The smallest absolute Gasteiger partial charge is 0.310 e. The van der Waals surface area contributed by atoms with Crippen LogP contribution in [0.25, 0.3) is 0 Å².